The average molecular weight is 296 g/mol. The number of piperazine rings is 1. The normalized spacial score (nSPS) is 21.8. The fraction of sp³-hybridized carbons (Fsp3) is 0.882. The second-order valence-corrected chi connectivity index (χ2v) is 7.12. The molecule has 1 aliphatic heterocycles. The Kier molecular flexibility index (Phi) is 6.69. The van der Waals surface area contributed by atoms with E-state index in [1.54, 1.807) is 4.90 Å². The first kappa shape index (κ1) is 18.0. The molecule has 0 aromatic carbocycles. The number of nitrogens with zero attached hydrogens (tertiary/aromatic N) is 1. The van der Waals surface area contributed by atoms with E-state index in [1.165, 1.54) is 19.3 Å². The molecule has 0 aromatic heterocycles. The Hall–Kier alpha value is -1.06. The van der Waals surface area contributed by atoms with Crippen molar-refractivity contribution in [3.05, 3.63) is 0 Å². The highest BCUT2D eigenvalue weighted by molar-refractivity contribution is 5.99. The van der Waals surface area contributed by atoms with Crippen molar-refractivity contribution in [1.29, 1.82) is 0 Å². The third-order valence-electron chi connectivity index (χ3n) is 4.29. The highest BCUT2D eigenvalue weighted by Gasteiger charge is 2.45. The summed E-state index contributed by atoms with van der Waals surface area (Å²) >= 11 is 0. The third kappa shape index (κ3) is 4.72. The Balaban J connectivity index is 2.66. The molecule has 0 radical (unpaired) electrons. The fourth-order valence-electron chi connectivity index (χ4n) is 2.88. The summed E-state index contributed by atoms with van der Waals surface area (Å²) in [5.41, 5.74) is -0.727. The first-order valence-electron chi connectivity index (χ1n) is 8.43. The number of carbonyl (C=O) groups excluding carboxylic acids is 2. The summed E-state index contributed by atoms with van der Waals surface area (Å²) in [7, 11) is 0. The van der Waals surface area contributed by atoms with Crippen LogP contribution in [-0.2, 0) is 9.59 Å². The molecular weight excluding hydrogens is 264 g/mol. The molecule has 1 N–H and O–H groups in total. The van der Waals surface area contributed by atoms with Gasteiger partial charge in [0, 0.05) is 6.54 Å². The van der Waals surface area contributed by atoms with Crippen molar-refractivity contribution in [3.63, 3.8) is 0 Å². The molecule has 122 valence electrons. The molecule has 1 aliphatic rings. The van der Waals surface area contributed by atoms with Gasteiger partial charge in [-0.3, -0.25) is 9.59 Å². The maximum atomic E-state index is 12.7. The van der Waals surface area contributed by atoms with Gasteiger partial charge in [0.05, 0.1) is 0 Å². The van der Waals surface area contributed by atoms with Crippen LogP contribution in [0.3, 0.4) is 0 Å². The molecule has 0 aliphatic carbocycles. The number of rotatable bonds is 8. The maximum absolute atomic E-state index is 12.7. The van der Waals surface area contributed by atoms with E-state index in [0.29, 0.717) is 18.9 Å². The van der Waals surface area contributed by atoms with E-state index >= 15 is 0 Å². The summed E-state index contributed by atoms with van der Waals surface area (Å²) in [4.78, 5) is 26.7. The summed E-state index contributed by atoms with van der Waals surface area (Å²) in [5, 5.41) is 2.90. The first-order valence-corrected chi connectivity index (χ1v) is 8.43. The van der Waals surface area contributed by atoms with Crippen molar-refractivity contribution in [3.8, 4) is 0 Å². The van der Waals surface area contributed by atoms with E-state index in [4.69, 9.17) is 0 Å². The Morgan fingerprint density at radius 1 is 1.14 bits per heavy atom. The highest BCUT2D eigenvalue weighted by atomic mass is 16.2. The molecule has 1 saturated heterocycles. The van der Waals surface area contributed by atoms with Gasteiger partial charge in [-0.1, -0.05) is 46.5 Å². The van der Waals surface area contributed by atoms with Crippen LogP contribution in [0.4, 0.5) is 0 Å². The molecule has 2 amide bonds. The monoisotopic (exact) mass is 296 g/mol. The molecule has 1 rings (SSSR count). The second-order valence-electron chi connectivity index (χ2n) is 7.12. The minimum absolute atomic E-state index is 0.0266. The van der Waals surface area contributed by atoms with Crippen molar-refractivity contribution < 1.29 is 9.59 Å². The lowest BCUT2D eigenvalue weighted by Crippen LogP contribution is -2.68. The van der Waals surface area contributed by atoms with E-state index in [1.807, 2.05) is 13.8 Å². The highest BCUT2D eigenvalue weighted by Crippen LogP contribution is 2.24. The Morgan fingerprint density at radius 3 is 2.33 bits per heavy atom. The van der Waals surface area contributed by atoms with E-state index in [0.717, 1.165) is 12.8 Å². The molecule has 4 heteroatoms. The summed E-state index contributed by atoms with van der Waals surface area (Å²) < 4.78 is 0. The molecule has 1 heterocycles. The second kappa shape index (κ2) is 7.81. The van der Waals surface area contributed by atoms with Crippen LogP contribution in [0.15, 0.2) is 0 Å². The quantitative estimate of drug-likeness (QED) is 0.700. The largest absolute Gasteiger partial charge is 0.342 e. The van der Waals surface area contributed by atoms with Gasteiger partial charge < -0.3 is 10.2 Å². The van der Waals surface area contributed by atoms with E-state index in [-0.39, 0.29) is 17.9 Å². The Morgan fingerprint density at radius 2 is 1.76 bits per heavy atom. The number of nitrogens with one attached hydrogen (secondary N) is 1. The van der Waals surface area contributed by atoms with Crippen molar-refractivity contribution in [1.82, 2.24) is 10.2 Å². The standard InChI is InChI=1S/C17H32N2O2/c1-6-7-8-9-10-11-19-15(20)14(12-13(2)3)18-16(21)17(19,4)5/h13-14H,6-12H2,1-5H3,(H,18,21). The van der Waals surface area contributed by atoms with Gasteiger partial charge in [-0.05, 0) is 32.6 Å². The number of hydrogen-bond acceptors (Lipinski definition) is 2. The van der Waals surface area contributed by atoms with Crippen molar-refractivity contribution in [2.24, 2.45) is 5.92 Å². The number of amides is 2. The third-order valence-corrected chi connectivity index (χ3v) is 4.29. The van der Waals surface area contributed by atoms with Crippen LogP contribution in [0.5, 0.6) is 0 Å². The van der Waals surface area contributed by atoms with Crippen LogP contribution in [0.2, 0.25) is 0 Å². The van der Waals surface area contributed by atoms with Crippen LogP contribution in [0.25, 0.3) is 0 Å². The van der Waals surface area contributed by atoms with Gasteiger partial charge in [-0.2, -0.15) is 0 Å². The average Bonchev–Trinajstić information content (AvgIpc) is 2.39. The minimum atomic E-state index is -0.727. The predicted molar refractivity (Wildman–Crippen MR) is 85.9 cm³/mol. The zero-order valence-electron chi connectivity index (χ0n) is 14.4. The Bertz CT molecular complexity index is 364. The van der Waals surface area contributed by atoms with Gasteiger partial charge in [-0.15, -0.1) is 0 Å². The summed E-state index contributed by atoms with van der Waals surface area (Å²) in [5.74, 6) is 0.456. The number of hydrogen-bond donors (Lipinski definition) is 1. The fourth-order valence-corrected chi connectivity index (χ4v) is 2.88. The van der Waals surface area contributed by atoms with Crippen molar-refractivity contribution in [2.75, 3.05) is 6.54 Å². The van der Waals surface area contributed by atoms with Gasteiger partial charge in [0.15, 0.2) is 0 Å². The van der Waals surface area contributed by atoms with E-state index in [9.17, 15) is 9.59 Å². The molecule has 0 aromatic rings. The molecule has 1 atom stereocenters. The number of unbranched alkanes of at least 4 members (excludes halogenated alkanes) is 4. The smallest absolute Gasteiger partial charge is 0.246 e. The predicted octanol–water partition coefficient (Wildman–Crippen LogP) is 3.11. The molecule has 21 heavy (non-hydrogen) atoms. The minimum Gasteiger partial charge on any atom is -0.342 e. The Labute approximate surface area is 129 Å². The van der Waals surface area contributed by atoms with Crippen molar-refractivity contribution >= 4 is 11.8 Å². The van der Waals surface area contributed by atoms with Crippen LogP contribution in [-0.4, -0.2) is 34.8 Å². The molecule has 0 saturated carbocycles. The zero-order valence-corrected chi connectivity index (χ0v) is 14.4. The van der Waals surface area contributed by atoms with Gasteiger partial charge in [0.2, 0.25) is 11.8 Å². The topological polar surface area (TPSA) is 49.4 Å². The van der Waals surface area contributed by atoms with Crippen LogP contribution in [0, 0.1) is 5.92 Å². The maximum Gasteiger partial charge on any atom is 0.246 e. The SMILES string of the molecule is CCCCCCCN1C(=O)C(CC(C)C)NC(=O)C1(C)C. The summed E-state index contributed by atoms with van der Waals surface area (Å²) in [6, 6.07) is -0.346. The van der Waals surface area contributed by atoms with Crippen LogP contribution >= 0.6 is 0 Å². The molecule has 4 nitrogen and oxygen atoms in total. The molecule has 1 fully saturated rings. The van der Waals surface area contributed by atoms with Gasteiger partial charge >= 0.3 is 0 Å². The molecular formula is C17H32N2O2. The lowest BCUT2D eigenvalue weighted by molar-refractivity contribution is -0.155. The van der Waals surface area contributed by atoms with Gasteiger partial charge in [0.25, 0.3) is 0 Å². The molecule has 0 spiro atoms. The summed E-state index contributed by atoms with van der Waals surface area (Å²) in [6.07, 6.45) is 6.50. The lowest BCUT2D eigenvalue weighted by Gasteiger charge is -2.44. The lowest BCUT2D eigenvalue weighted by atomic mass is 9.91. The van der Waals surface area contributed by atoms with Crippen LogP contribution in [0.1, 0.15) is 73.1 Å². The van der Waals surface area contributed by atoms with Crippen LogP contribution < -0.4 is 5.32 Å². The summed E-state index contributed by atoms with van der Waals surface area (Å²) in [6.45, 7) is 10.7. The van der Waals surface area contributed by atoms with Crippen molar-refractivity contribution in [2.45, 2.75) is 84.7 Å². The van der Waals surface area contributed by atoms with Gasteiger partial charge in [0.1, 0.15) is 11.6 Å². The zero-order chi connectivity index (χ0) is 16.0. The number of carbonyl (C=O) groups is 2. The first-order chi connectivity index (χ1) is 9.80. The van der Waals surface area contributed by atoms with E-state index in [2.05, 4.69) is 26.1 Å². The molecule has 0 bridgehead atoms. The van der Waals surface area contributed by atoms with E-state index < -0.39 is 5.54 Å². The molecule has 1 unspecified atom stereocenters. The van der Waals surface area contributed by atoms with Gasteiger partial charge in [-0.25, -0.2) is 0 Å².